The molecular weight excluding hydrogens is 691 g/mol. The fourth-order valence-corrected chi connectivity index (χ4v) is 6.99. The van der Waals surface area contributed by atoms with Crippen molar-refractivity contribution in [1.82, 2.24) is 24.2 Å². The van der Waals surface area contributed by atoms with Crippen molar-refractivity contribution >= 4 is 29.2 Å². The molecule has 2 heterocycles. The molecule has 2 aromatic heterocycles. The molecule has 0 saturated carbocycles. The van der Waals surface area contributed by atoms with E-state index in [4.69, 9.17) is 14.7 Å². The number of likely N-dealkylation sites (N-methyl/N-ethyl adjacent to an activating group) is 2. The topological polar surface area (TPSA) is 114 Å². The normalized spacial score (nSPS) is 13.4. The van der Waals surface area contributed by atoms with Crippen LogP contribution in [0.3, 0.4) is 0 Å². The number of imidazole rings is 1. The van der Waals surface area contributed by atoms with E-state index >= 15 is 0 Å². The van der Waals surface area contributed by atoms with Gasteiger partial charge in [0.05, 0.1) is 11.4 Å². The predicted molar refractivity (Wildman–Crippen MR) is 213 cm³/mol. The number of hydrogen-bond donors (Lipinski definition) is 0. The van der Waals surface area contributed by atoms with Crippen molar-refractivity contribution in [1.29, 1.82) is 0 Å². The van der Waals surface area contributed by atoms with Gasteiger partial charge in [0, 0.05) is 85.9 Å². The number of fused-ring (bicyclic) bond motifs is 1. The second-order valence-electron chi connectivity index (χ2n) is 14.9. The smallest absolute Gasteiger partial charge is 0.391 e. The first-order valence-corrected chi connectivity index (χ1v) is 18.4. The zero-order valence-corrected chi connectivity index (χ0v) is 32.6. The Kier molecular flexibility index (Phi) is 11.3. The molecule has 0 saturated heterocycles. The first kappa shape index (κ1) is 38.6. The first-order chi connectivity index (χ1) is 26.2. The van der Waals surface area contributed by atoms with Crippen LogP contribution >= 0.6 is 0 Å². The summed E-state index contributed by atoms with van der Waals surface area (Å²) in [6.45, 7) is 8.99. The highest BCUT2D eigenvalue weighted by Gasteiger charge is 2.39. The molecule has 0 fully saturated rings. The summed E-state index contributed by atoms with van der Waals surface area (Å²) >= 11 is 0. The van der Waals surface area contributed by atoms with Crippen LogP contribution < -0.4 is 4.74 Å². The maximum absolute atomic E-state index is 13.8. The SMILES string of the molecule is CC1=C(C)C(=O)C(C(C)(C)CC(=O)N(C)CCN(C)C(=O)Oc2c(Cc3ccccc3)nc3c(Cc4ccccc4)nc(-c4ccccc4)cn23)=C(C)C1=O. The molecule has 55 heavy (non-hydrogen) atoms. The summed E-state index contributed by atoms with van der Waals surface area (Å²) in [4.78, 5) is 66.5. The Morgan fingerprint density at radius 3 is 1.82 bits per heavy atom. The largest absolute Gasteiger partial charge is 0.416 e. The van der Waals surface area contributed by atoms with E-state index in [9.17, 15) is 19.2 Å². The molecule has 10 nitrogen and oxygen atoms in total. The maximum atomic E-state index is 13.8. The molecule has 0 radical (unpaired) electrons. The van der Waals surface area contributed by atoms with Gasteiger partial charge in [-0.3, -0.25) is 18.8 Å². The molecule has 2 amide bonds. The van der Waals surface area contributed by atoms with Gasteiger partial charge in [0.25, 0.3) is 0 Å². The molecule has 6 rings (SSSR count). The Morgan fingerprint density at radius 1 is 0.691 bits per heavy atom. The predicted octanol–water partition coefficient (Wildman–Crippen LogP) is 7.69. The van der Waals surface area contributed by atoms with Crippen LogP contribution in [0.4, 0.5) is 4.79 Å². The van der Waals surface area contributed by atoms with E-state index in [0.717, 1.165) is 22.4 Å². The summed E-state index contributed by atoms with van der Waals surface area (Å²) in [7, 11) is 3.29. The molecular formula is C45H47N5O5. The molecule has 282 valence electrons. The Labute approximate surface area is 322 Å². The van der Waals surface area contributed by atoms with E-state index in [1.807, 2.05) is 115 Å². The van der Waals surface area contributed by atoms with Crippen LogP contribution in [0.25, 0.3) is 16.9 Å². The van der Waals surface area contributed by atoms with Crippen LogP contribution in [0.1, 0.15) is 63.6 Å². The fourth-order valence-electron chi connectivity index (χ4n) is 6.99. The van der Waals surface area contributed by atoms with Gasteiger partial charge in [0.15, 0.2) is 17.2 Å². The van der Waals surface area contributed by atoms with Gasteiger partial charge >= 0.3 is 6.09 Å². The molecule has 5 aromatic rings. The van der Waals surface area contributed by atoms with E-state index < -0.39 is 11.5 Å². The van der Waals surface area contributed by atoms with E-state index in [1.54, 1.807) is 34.9 Å². The highest BCUT2D eigenvalue weighted by Crippen LogP contribution is 2.39. The van der Waals surface area contributed by atoms with Crippen molar-refractivity contribution in [2.24, 2.45) is 5.41 Å². The van der Waals surface area contributed by atoms with Gasteiger partial charge in [0.1, 0.15) is 5.69 Å². The molecule has 0 atom stereocenters. The van der Waals surface area contributed by atoms with E-state index in [2.05, 4.69) is 0 Å². The number of ether oxygens (including phenoxy) is 1. The summed E-state index contributed by atoms with van der Waals surface area (Å²) in [6, 6.07) is 29.8. The van der Waals surface area contributed by atoms with E-state index in [-0.39, 0.29) is 37.0 Å². The minimum atomic E-state index is -0.875. The highest BCUT2D eigenvalue weighted by atomic mass is 16.6. The Hall–Kier alpha value is -6.16. The summed E-state index contributed by atoms with van der Waals surface area (Å²) in [5, 5.41) is 0. The van der Waals surface area contributed by atoms with Crippen LogP contribution in [-0.2, 0) is 27.2 Å². The van der Waals surface area contributed by atoms with Crippen molar-refractivity contribution in [3.05, 3.63) is 142 Å². The van der Waals surface area contributed by atoms with Gasteiger partial charge < -0.3 is 14.5 Å². The van der Waals surface area contributed by atoms with Crippen molar-refractivity contribution in [2.45, 2.75) is 53.9 Å². The average molecular weight is 738 g/mol. The molecule has 3 aromatic carbocycles. The second kappa shape index (κ2) is 16.1. The lowest BCUT2D eigenvalue weighted by molar-refractivity contribution is -0.132. The summed E-state index contributed by atoms with van der Waals surface area (Å²) in [6.07, 6.45) is 2.21. The van der Waals surface area contributed by atoms with Gasteiger partial charge in [-0.1, -0.05) is 105 Å². The number of ketones is 2. The number of carbonyl (C=O) groups excluding carboxylic acids is 4. The molecule has 0 spiro atoms. The zero-order chi connectivity index (χ0) is 39.4. The van der Waals surface area contributed by atoms with Crippen LogP contribution in [0.15, 0.2) is 119 Å². The lowest BCUT2D eigenvalue weighted by Crippen LogP contribution is -2.40. The second-order valence-corrected chi connectivity index (χ2v) is 14.9. The Bertz CT molecular complexity index is 2330. The van der Waals surface area contributed by atoms with Crippen LogP contribution in [-0.4, -0.2) is 74.9 Å². The van der Waals surface area contributed by atoms with Crippen molar-refractivity contribution in [3.8, 4) is 17.1 Å². The van der Waals surface area contributed by atoms with E-state index in [0.29, 0.717) is 58.0 Å². The molecule has 0 unspecified atom stereocenters. The summed E-state index contributed by atoms with van der Waals surface area (Å²) < 4.78 is 8.03. The monoisotopic (exact) mass is 737 g/mol. The van der Waals surface area contributed by atoms with Crippen molar-refractivity contribution < 1.29 is 23.9 Å². The third-order valence-electron chi connectivity index (χ3n) is 10.3. The van der Waals surface area contributed by atoms with Gasteiger partial charge in [-0.25, -0.2) is 14.8 Å². The number of carbonyl (C=O) groups is 4. The number of Topliss-reactive ketones (excluding diaryl/α,β-unsaturated/α-hetero) is 2. The number of rotatable bonds is 12. The molecule has 0 bridgehead atoms. The number of allylic oxidation sites excluding steroid dienone is 4. The fraction of sp³-hybridized carbons (Fsp3) is 0.289. The van der Waals surface area contributed by atoms with Crippen LogP contribution in [0.5, 0.6) is 5.88 Å². The Morgan fingerprint density at radius 2 is 1.22 bits per heavy atom. The average Bonchev–Trinajstić information content (AvgIpc) is 3.52. The molecule has 10 heteroatoms. The van der Waals surface area contributed by atoms with E-state index in [1.165, 1.54) is 9.80 Å². The quantitative estimate of drug-likeness (QED) is 0.121. The minimum Gasteiger partial charge on any atom is -0.391 e. The lowest BCUT2D eigenvalue weighted by atomic mass is 9.71. The van der Waals surface area contributed by atoms with Crippen molar-refractivity contribution in [2.75, 3.05) is 27.2 Å². The number of nitrogens with zero attached hydrogens (tertiary/aromatic N) is 5. The number of benzene rings is 3. The van der Waals surface area contributed by atoms with Crippen LogP contribution in [0, 0.1) is 5.41 Å². The van der Waals surface area contributed by atoms with Gasteiger partial charge in [-0.15, -0.1) is 0 Å². The summed E-state index contributed by atoms with van der Waals surface area (Å²) in [5.74, 6) is -0.282. The first-order valence-electron chi connectivity index (χ1n) is 18.4. The third-order valence-corrected chi connectivity index (χ3v) is 10.3. The van der Waals surface area contributed by atoms with Gasteiger partial charge in [-0.05, 0) is 31.9 Å². The molecule has 0 aliphatic heterocycles. The molecule has 0 N–H and O–H groups in total. The number of amides is 2. The highest BCUT2D eigenvalue weighted by molar-refractivity contribution is 6.25. The third kappa shape index (κ3) is 8.33. The lowest BCUT2D eigenvalue weighted by Gasteiger charge is -2.33. The zero-order valence-electron chi connectivity index (χ0n) is 32.6. The van der Waals surface area contributed by atoms with Gasteiger partial charge in [0.2, 0.25) is 11.8 Å². The molecule has 1 aliphatic rings. The van der Waals surface area contributed by atoms with Crippen LogP contribution in [0.2, 0.25) is 0 Å². The van der Waals surface area contributed by atoms with Gasteiger partial charge in [-0.2, -0.15) is 0 Å². The molecule has 1 aliphatic carbocycles. The summed E-state index contributed by atoms with van der Waals surface area (Å²) in [5.41, 5.74) is 6.37. The number of aromatic nitrogens is 3. The minimum absolute atomic E-state index is 0.0173. The maximum Gasteiger partial charge on any atom is 0.416 e. The number of hydrogen-bond acceptors (Lipinski definition) is 7. The van der Waals surface area contributed by atoms with Crippen molar-refractivity contribution in [3.63, 3.8) is 0 Å². The Balaban J connectivity index is 1.24. The standard InChI is InChI=1S/C45H47N5O5/c1-29-30(2)41(53)39(31(3)40(29)52)45(4,5)27-38(51)48(6)23-24-49(7)44(54)55-43-36(26-33-19-13-9-14-20-33)47-42-35(25-32-17-11-8-12-18-32)46-37(28-50(42)43)34-21-15-10-16-22-34/h8-22,28H,23-27H2,1-7H3.